The van der Waals surface area contributed by atoms with Gasteiger partial charge >= 0.3 is 31.6 Å². The number of ketones is 1. The van der Waals surface area contributed by atoms with Crippen LogP contribution in [0.3, 0.4) is 0 Å². The Morgan fingerprint density at radius 2 is 0.979 bits per heavy atom. The molecule has 6 rings (SSSR count). The second-order valence-corrected chi connectivity index (χ2v) is 13.2. The minimum absolute atomic E-state index is 0.00587. The van der Waals surface area contributed by atoms with Gasteiger partial charge in [0.2, 0.25) is 22.3 Å². The molecule has 48 heavy (non-hydrogen) atoms. The largest absolute Gasteiger partial charge is 0.501 e. The van der Waals surface area contributed by atoms with E-state index in [1.807, 2.05) is 0 Å². The number of hydrogen-bond acceptors (Lipinski definition) is 11. The van der Waals surface area contributed by atoms with E-state index in [2.05, 4.69) is 9.95 Å². The van der Waals surface area contributed by atoms with E-state index in [0.29, 0.717) is 0 Å². The van der Waals surface area contributed by atoms with Crippen LogP contribution in [0.1, 0.15) is 15.9 Å². The Labute approximate surface area is 272 Å². The molecule has 0 saturated heterocycles. The van der Waals surface area contributed by atoms with Gasteiger partial charge in [-0.25, -0.2) is 0 Å². The summed E-state index contributed by atoms with van der Waals surface area (Å²) in [7, 11) is -9.83. The predicted molar refractivity (Wildman–Crippen MR) is 173 cm³/mol. The quantitative estimate of drug-likeness (QED) is 0.0940. The van der Waals surface area contributed by atoms with Gasteiger partial charge in [-0.3, -0.25) is 4.79 Å². The van der Waals surface area contributed by atoms with Crippen molar-refractivity contribution >= 4 is 58.9 Å². The van der Waals surface area contributed by atoms with E-state index in [4.69, 9.17) is 8.37 Å². The summed E-state index contributed by atoms with van der Waals surface area (Å²) in [6.07, 6.45) is 0. The minimum atomic E-state index is -4.94. The lowest BCUT2D eigenvalue weighted by atomic mass is 10.0. The van der Waals surface area contributed by atoms with Crippen molar-refractivity contribution in [1.82, 2.24) is 0 Å². The van der Waals surface area contributed by atoms with Crippen LogP contribution in [0.15, 0.2) is 119 Å². The molecule has 0 spiro atoms. The predicted octanol–water partition coefficient (Wildman–Crippen LogP) is 7.14. The van der Waals surface area contributed by atoms with Gasteiger partial charge in [0.1, 0.15) is 9.79 Å². The van der Waals surface area contributed by atoms with Crippen molar-refractivity contribution in [3.63, 3.8) is 0 Å². The third-order valence-electron chi connectivity index (χ3n) is 7.31. The zero-order chi connectivity index (χ0) is 34.2. The molecule has 0 amide bonds. The van der Waals surface area contributed by atoms with E-state index in [1.165, 1.54) is 66.7 Å². The summed E-state index contributed by atoms with van der Waals surface area (Å²) in [5.41, 5.74) is -0.827. The van der Waals surface area contributed by atoms with E-state index in [1.54, 1.807) is 18.2 Å². The molecular formula is C33H20N4O9S2+2. The summed E-state index contributed by atoms with van der Waals surface area (Å²) in [4.78, 5) is 18.1. The molecule has 0 aliphatic heterocycles. The number of fused-ring (bicyclic) bond motifs is 2. The van der Waals surface area contributed by atoms with Crippen molar-refractivity contribution in [2.75, 3.05) is 0 Å². The zero-order valence-corrected chi connectivity index (χ0v) is 25.9. The number of aromatic hydroxyl groups is 2. The van der Waals surface area contributed by atoms with Crippen LogP contribution < -0.4 is 8.37 Å². The molecule has 0 fully saturated rings. The Morgan fingerprint density at radius 3 is 1.46 bits per heavy atom. The minimum Gasteiger partial charge on any atom is -0.501 e. The highest BCUT2D eigenvalue weighted by Crippen LogP contribution is 2.43. The molecule has 0 saturated carbocycles. The normalized spacial score (nSPS) is 11.5. The molecule has 0 radical (unpaired) electrons. The lowest BCUT2D eigenvalue weighted by Crippen LogP contribution is -2.15. The van der Waals surface area contributed by atoms with E-state index >= 15 is 0 Å². The van der Waals surface area contributed by atoms with Crippen LogP contribution in [0.25, 0.3) is 31.5 Å². The number of benzene rings is 6. The smallest absolute Gasteiger partial charge is 0.428 e. The molecule has 6 aromatic rings. The summed E-state index contributed by atoms with van der Waals surface area (Å²) in [6.45, 7) is 0. The van der Waals surface area contributed by atoms with Crippen molar-refractivity contribution in [3.8, 4) is 23.0 Å². The van der Waals surface area contributed by atoms with E-state index < -0.39 is 70.2 Å². The van der Waals surface area contributed by atoms with Crippen LogP contribution in [-0.4, -0.2) is 32.8 Å². The van der Waals surface area contributed by atoms with Gasteiger partial charge < -0.3 is 18.6 Å². The second-order valence-electron chi connectivity index (χ2n) is 10.2. The Balaban J connectivity index is 1.51. The third-order valence-corrected chi connectivity index (χ3v) is 9.86. The maximum atomic E-state index is 13.8. The molecule has 0 bridgehead atoms. The van der Waals surface area contributed by atoms with E-state index in [9.17, 15) is 42.6 Å². The van der Waals surface area contributed by atoms with Crippen molar-refractivity contribution in [3.05, 3.63) is 130 Å². The number of hydrogen-bond donors (Lipinski definition) is 2. The first-order valence-electron chi connectivity index (χ1n) is 13.8. The van der Waals surface area contributed by atoms with Crippen molar-refractivity contribution in [2.45, 2.75) is 9.79 Å². The Morgan fingerprint density at radius 1 is 0.542 bits per heavy atom. The first-order valence-corrected chi connectivity index (χ1v) is 16.6. The maximum absolute atomic E-state index is 13.8. The SMILES string of the molecule is N#[N+]c1cc(S(=O)(=O)Oc2ccc(C(=O)c3ccccc3)cc2OS(=O)(=O)c2cc([N+]#N)c(O)c3ccccc23)c2ccccc2c1O. The van der Waals surface area contributed by atoms with Crippen LogP contribution in [0.2, 0.25) is 0 Å². The summed E-state index contributed by atoms with van der Waals surface area (Å²) in [6, 6.07) is 24.4. The fourth-order valence-corrected chi connectivity index (χ4v) is 7.38. The summed E-state index contributed by atoms with van der Waals surface area (Å²) >= 11 is 0. The molecular weight excluding hydrogens is 661 g/mol. The standard InChI is InChI=1S/C33H18N4O9S2/c34-36-25-17-29(21-10-4-6-12-23(21)32(25)39)47(41,42)45-27-15-14-20(31(38)19-8-2-1-3-9-19)16-28(27)46-48(43,44)30-18-26(37-35)33(40)24-13-7-5-11-22(24)30/h1-18H/p+2. The van der Waals surface area contributed by atoms with Gasteiger partial charge in [-0.05, 0) is 18.2 Å². The molecule has 0 heterocycles. The summed E-state index contributed by atoms with van der Waals surface area (Å²) in [5.74, 6) is -2.93. The van der Waals surface area contributed by atoms with Gasteiger partial charge in [0.05, 0.1) is 12.1 Å². The van der Waals surface area contributed by atoms with E-state index in [-0.39, 0.29) is 32.7 Å². The number of diazo groups is 2. The number of carbonyl (C=O) groups is 1. The highest BCUT2D eigenvalue weighted by Gasteiger charge is 2.32. The molecule has 0 aliphatic carbocycles. The molecule has 0 aromatic heterocycles. The number of carbonyl (C=O) groups excluding carboxylic acids is 1. The fourth-order valence-electron chi connectivity index (χ4n) is 5.06. The van der Waals surface area contributed by atoms with Gasteiger partial charge in [0, 0.05) is 32.7 Å². The molecule has 2 N–H and O–H groups in total. The Bertz CT molecular complexity index is 2620. The number of rotatable bonds is 8. The fraction of sp³-hybridized carbons (Fsp3) is 0. The average molecular weight is 681 g/mol. The van der Waals surface area contributed by atoms with Crippen LogP contribution >= 0.6 is 0 Å². The molecule has 0 aliphatic rings. The van der Waals surface area contributed by atoms with Gasteiger partial charge in [0.25, 0.3) is 0 Å². The highest BCUT2D eigenvalue weighted by atomic mass is 32.2. The average Bonchev–Trinajstić information content (AvgIpc) is 3.09. The Kier molecular flexibility index (Phi) is 7.85. The van der Waals surface area contributed by atoms with Crippen molar-refractivity contribution < 1.29 is 40.2 Å². The third kappa shape index (κ3) is 5.56. The highest BCUT2D eigenvalue weighted by molar-refractivity contribution is 7.87. The molecule has 13 nitrogen and oxygen atoms in total. The molecule has 0 unspecified atom stereocenters. The molecule has 6 aromatic carbocycles. The lowest BCUT2D eigenvalue weighted by molar-refractivity contribution is 0.103. The molecule has 0 atom stereocenters. The van der Waals surface area contributed by atoms with E-state index in [0.717, 1.165) is 24.3 Å². The molecule has 236 valence electrons. The summed E-state index contributed by atoms with van der Waals surface area (Å²) < 4.78 is 66.1. The van der Waals surface area contributed by atoms with Gasteiger partial charge in [-0.2, -0.15) is 16.8 Å². The summed E-state index contributed by atoms with van der Waals surface area (Å²) in [5, 5.41) is 39.8. The first kappa shape index (κ1) is 31.4. The van der Waals surface area contributed by atoms with Crippen LogP contribution in [0.5, 0.6) is 23.0 Å². The number of nitrogens with zero attached hydrogens (tertiary/aromatic N) is 4. The van der Waals surface area contributed by atoms with Crippen molar-refractivity contribution in [1.29, 1.82) is 10.8 Å². The molecule has 15 heteroatoms. The maximum Gasteiger partial charge on any atom is 0.428 e. The van der Waals surface area contributed by atoms with Crippen LogP contribution in [-0.2, 0) is 20.2 Å². The van der Waals surface area contributed by atoms with Gasteiger partial charge in [0.15, 0.2) is 27.2 Å². The number of phenols is 2. The zero-order valence-electron chi connectivity index (χ0n) is 24.2. The lowest BCUT2D eigenvalue weighted by Gasteiger charge is -2.15. The van der Waals surface area contributed by atoms with Gasteiger partial charge in [-0.1, -0.05) is 78.9 Å². The van der Waals surface area contributed by atoms with Crippen LogP contribution in [0, 0.1) is 10.8 Å². The first-order chi connectivity index (χ1) is 22.9. The second kappa shape index (κ2) is 12.0. The van der Waals surface area contributed by atoms with Gasteiger partial charge in [-0.15, -0.1) is 0 Å². The monoisotopic (exact) mass is 680 g/mol. The topological polar surface area (TPSA) is 201 Å². The van der Waals surface area contributed by atoms with Crippen LogP contribution in [0.4, 0.5) is 11.4 Å². The number of phenolic OH excluding ortho intramolecular Hbond substituents is 2. The van der Waals surface area contributed by atoms with Crippen molar-refractivity contribution in [2.24, 2.45) is 0 Å². The Hall–Kier alpha value is -6.55.